The molecule has 1 unspecified atom stereocenters. The molecule has 0 aliphatic carbocycles. The molecule has 0 aromatic heterocycles. The number of carbonyl (C=O) groups excluding carboxylic acids is 2. The summed E-state index contributed by atoms with van der Waals surface area (Å²) in [4.78, 5) is 22.6. The van der Waals surface area contributed by atoms with Gasteiger partial charge in [0.05, 0.1) is 7.11 Å². The number of methoxy groups -OCH3 is 1. The third-order valence-corrected chi connectivity index (χ3v) is 5.64. The predicted molar refractivity (Wildman–Crippen MR) is 123 cm³/mol. The Bertz CT molecular complexity index is 418. The summed E-state index contributed by atoms with van der Waals surface area (Å²) < 4.78 is 4.71. The van der Waals surface area contributed by atoms with Gasteiger partial charge in [-0.05, 0) is 19.3 Å². The number of nitrogens with two attached hydrogens (primary N) is 1. The highest BCUT2D eigenvalue weighted by Crippen LogP contribution is 2.14. The summed E-state index contributed by atoms with van der Waals surface area (Å²) in [7, 11) is 1.29. The van der Waals surface area contributed by atoms with Gasteiger partial charge in [0, 0.05) is 6.42 Å². The van der Waals surface area contributed by atoms with Gasteiger partial charge in [-0.2, -0.15) is 0 Å². The van der Waals surface area contributed by atoms with Crippen LogP contribution in [0.4, 0.5) is 0 Å². The van der Waals surface area contributed by atoms with Crippen LogP contribution in [0.25, 0.3) is 0 Å². The van der Waals surface area contributed by atoms with E-state index >= 15 is 0 Å². The molecule has 0 bridgehead atoms. The zero-order chi connectivity index (χ0) is 22.5. The fourth-order valence-corrected chi connectivity index (χ4v) is 3.72. The zero-order valence-electron chi connectivity index (χ0n) is 19.6. The molecule has 0 saturated heterocycles. The summed E-state index contributed by atoms with van der Waals surface area (Å²) in [6.45, 7) is 2.26. The second-order valence-electron chi connectivity index (χ2n) is 8.50. The maximum absolute atomic E-state index is 11.7. The molecule has 4 N–H and O–H groups in total. The fourth-order valence-electron chi connectivity index (χ4n) is 3.72. The van der Waals surface area contributed by atoms with Crippen molar-refractivity contribution in [2.24, 2.45) is 5.73 Å². The molecule has 6 heteroatoms. The van der Waals surface area contributed by atoms with Crippen molar-refractivity contribution in [2.75, 3.05) is 7.11 Å². The quantitative estimate of drug-likeness (QED) is 0.128. The number of unbranched alkanes of at least 4 members (excludes halogenated alkanes) is 14. The minimum Gasteiger partial charge on any atom is -0.468 e. The number of hydrogen-bond donors (Lipinski definition) is 3. The smallest absolute Gasteiger partial charge is 0.322 e. The maximum Gasteiger partial charge on any atom is 0.322 e. The Hall–Kier alpha value is -1.14. The van der Waals surface area contributed by atoms with Crippen LogP contribution in [-0.4, -0.2) is 36.4 Å². The van der Waals surface area contributed by atoms with Crippen molar-refractivity contribution in [1.82, 2.24) is 5.32 Å². The number of aliphatic hydroxyl groups is 1. The Morgan fingerprint density at radius 3 is 1.63 bits per heavy atom. The molecule has 0 radical (unpaired) electrons. The topological polar surface area (TPSA) is 102 Å². The first-order valence-electron chi connectivity index (χ1n) is 12.3. The van der Waals surface area contributed by atoms with Crippen LogP contribution in [0.5, 0.6) is 0 Å². The Kier molecular flexibility index (Phi) is 20.3. The fraction of sp³-hybridized carbons (Fsp3) is 0.917. The van der Waals surface area contributed by atoms with Gasteiger partial charge in [0.2, 0.25) is 5.91 Å². The zero-order valence-corrected chi connectivity index (χ0v) is 19.6. The summed E-state index contributed by atoms with van der Waals surface area (Å²) in [6, 6.07) is -0.700. The Morgan fingerprint density at radius 2 is 1.23 bits per heavy atom. The normalized spacial score (nSPS) is 13.2. The summed E-state index contributed by atoms with van der Waals surface area (Å²) in [5.41, 5.74) is 5.13. The second-order valence-corrected chi connectivity index (χ2v) is 8.50. The van der Waals surface area contributed by atoms with E-state index in [1.54, 1.807) is 0 Å². The summed E-state index contributed by atoms with van der Waals surface area (Å²) in [5.74, 6) is -0.950. The Morgan fingerprint density at radius 1 is 0.800 bits per heavy atom. The summed E-state index contributed by atoms with van der Waals surface area (Å²) in [5, 5.41) is 12.9. The lowest BCUT2D eigenvalue weighted by molar-refractivity contribution is -0.144. The molecule has 2 atom stereocenters. The highest BCUT2D eigenvalue weighted by molar-refractivity contribution is 5.78. The average Bonchev–Trinajstić information content (AvgIpc) is 2.73. The molecule has 0 rings (SSSR count). The van der Waals surface area contributed by atoms with Crippen LogP contribution in [0.2, 0.25) is 0 Å². The van der Waals surface area contributed by atoms with Crippen LogP contribution >= 0.6 is 0 Å². The van der Waals surface area contributed by atoms with Crippen LogP contribution in [0.1, 0.15) is 122 Å². The second kappa shape index (κ2) is 21.1. The molecule has 0 spiro atoms. The molecule has 178 valence electrons. The molecular weight excluding hydrogens is 380 g/mol. The number of amides is 1. The van der Waals surface area contributed by atoms with E-state index in [9.17, 15) is 14.7 Å². The molecule has 30 heavy (non-hydrogen) atoms. The van der Waals surface area contributed by atoms with Crippen molar-refractivity contribution < 1.29 is 19.4 Å². The third-order valence-electron chi connectivity index (χ3n) is 5.64. The van der Waals surface area contributed by atoms with Gasteiger partial charge in [-0.3, -0.25) is 14.9 Å². The molecule has 0 aromatic carbocycles. The molecular formula is C24H48N2O4. The molecule has 0 aliphatic heterocycles. The predicted octanol–water partition coefficient (Wildman–Crippen LogP) is 4.96. The number of rotatable bonds is 22. The Labute approximate surface area is 184 Å². The number of ether oxygens (including phenoxy) is 1. The molecule has 0 saturated carbocycles. The van der Waals surface area contributed by atoms with E-state index in [1.807, 2.05) is 0 Å². The SMILES string of the molecule is CCCCCCCCCCCCCCCCCC(O)N[C@@H](CCC(N)=O)C(=O)OC. The standard InChI is InChI=1S/C24H48N2O4/c1-3-4-5-6-7-8-9-10-11-12-13-14-15-16-17-18-23(28)26-21(24(29)30-2)19-20-22(25)27/h21,23,26,28H,3-20H2,1-2H3,(H2,25,27)/t21-,23?/m0/s1. The van der Waals surface area contributed by atoms with Gasteiger partial charge < -0.3 is 15.6 Å². The first-order chi connectivity index (χ1) is 14.5. The van der Waals surface area contributed by atoms with Crippen molar-refractivity contribution >= 4 is 11.9 Å². The van der Waals surface area contributed by atoms with Gasteiger partial charge >= 0.3 is 5.97 Å². The van der Waals surface area contributed by atoms with E-state index in [0.29, 0.717) is 6.42 Å². The first kappa shape index (κ1) is 28.9. The number of primary amides is 1. The van der Waals surface area contributed by atoms with Crippen LogP contribution in [0.15, 0.2) is 0 Å². The van der Waals surface area contributed by atoms with Crippen molar-refractivity contribution in [3.63, 3.8) is 0 Å². The number of carbonyl (C=O) groups is 2. The van der Waals surface area contributed by atoms with Gasteiger partial charge in [-0.1, -0.05) is 96.8 Å². The third kappa shape index (κ3) is 18.9. The molecule has 1 amide bonds. The van der Waals surface area contributed by atoms with Crippen molar-refractivity contribution in [3.05, 3.63) is 0 Å². The van der Waals surface area contributed by atoms with Crippen LogP contribution in [0, 0.1) is 0 Å². The van der Waals surface area contributed by atoms with E-state index in [4.69, 9.17) is 10.5 Å². The highest BCUT2D eigenvalue weighted by Gasteiger charge is 2.22. The molecule has 6 nitrogen and oxygen atoms in total. The lowest BCUT2D eigenvalue weighted by atomic mass is 10.0. The van der Waals surface area contributed by atoms with Crippen molar-refractivity contribution in [2.45, 2.75) is 135 Å². The van der Waals surface area contributed by atoms with Gasteiger partial charge in [-0.15, -0.1) is 0 Å². The van der Waals surface area contributed by atoms with E-state index in [2.05, 4.69) is 12.2 Å². The minimum atomic E-state index is -0.774. The highest BCUT2D eigenvalue weighted by atomic mass is 16.5. The van der Waals surface area contributed by atoms with Gasteiger partial charge in [0.15, 0.2) is 0 Å². The van der Waals surface area contributed by atoms with E-state index in [0.717, 1.165) is 12.8 Å². The molecule has 0 heterocycles. The molecule has 0 fully saturated rings. The van der Waals surface area contributed by atoms with E-state index in [-0.39, 0.29) is 12.8 Å². The lowest BCUT2D eigenvalue weighted by Crippen LogP contribution is -2.44. The molecule has 0 aromatic rings. The van der Waals surface area contributed by atoms with E-state index in [1.165, 1.54) is 90.6 Å². The van der Waals surface area contributed by atoms with E-state index < -0.39 is 24.1 Å². The number of nitrogens with one attached hydrogen (secondary N) is 1. The first-order valence-corrected chi connectivity index (χ1v) is 12.3. The monoisotopic (exact) mass is 428 g/mol. The number of aliphatic hydroxyl groups excluding tert-OH is 1. The largest absolute Gasteiger partial charge is 0.468 e. The molecule has 0 aliphatic rings. The maximum atomic E-state index is 11.7. The van der Waals surface area contributed by atoms with Crippen LogP contribution in [-0.2, 0) is 14.3 Å². The number of hydrogen-bond acceptors (Lipinski definition) is 5. The van der Waals surface area contributed by atoms with Crippen molar-refractivity contribution in [1.29, 1.82) is 0 Å². The average molecular weight is 429 g/mol. The van der Waals surface area contributed by atoms with Crippen molar-refractivity contribution in [3.8, 4) is 0 Å². The summed E-state index contributed by atoms with van der Waals surface area (Å²) in [6.07, 6.45) is 19.7. The van der Waals surface area contributed by atoms with Gasteiger partial charge in [0.1, 0.15) is 12.3 Å². The van der Waals surface area contributed by atoms with Crippen LogP contribution < -0.4 is 11.1 Å². The number of esters is 1. The lowest BCUT2D eigenvalue weighted by Gasteiger charge is -2.20. The van der Waals surface area contributed by atoms with Gasteiger partial charge in [0.25, 0.3) is 0 Å². The van der Waals surface area contributed by atoms with Gasteiger partial charge in [-0.25, -0.2) is 0 Å². The van der Waals surface area contributed by atoms with Crippen LogP contribution in [0.3, 0.4) is 0 Å². The Balaban J connectivity index is 3.53. The summed E-state index contributed by atoms with van der Waals surface area (Å²) >= 11 is 0. The minimum absolute atomic E-state index is 0.0818.